The molecule has 0 saturated heterocycles. The number of allylic oxidation sites excluding steroid dienone is 1. The van der Waals surface area contributed by atoms with Crippen LogP contribution in [0.25, 0.3) is 0 Å². The van der Waals surface area contributed by atoms with Crippen LogP contribution in [0.3, 0.4) is 0 Å². The minimum Gasteiger partial charge on any atom is -0.265 e. The number of hydrogen-bond donors (Lipinski definition) is 0. The molecule has 0 unspecified atom stereocenters. The van der Waals surface area contributed by atoms with E-state index in [1.165, 1.54) is 18.5 Å². The van der Waals surface area contributed by atoms with Gasteiger partial charge in [0.05, 0.1) is 0 Å². The highest BCUT2D eigenvalue weighted by Crippen LogP contribution is 1.84. The maximum absolute atomic E-state index is 10.4. The van der Waals surface area contributed by atoms with E-state index in [0.29, 0.717) is 4.76 Å². The van der Waals surface area contributed by atoms with Gasteiger partial charge in [-0.1, -0.05) is 0 Å². The van der Waals surface area contributed by atoms with Gasteiger partial charge in [0.2, 0.25) is 6.20 Å². The first-order valence-corrected chi connectivity index (χ1v) is 2.46. The van der Waals surface area contributed by atoms with Gasteiger partial charge in [0.1, 0.15) is 0 Å². The van der Waals surface area contributed by atoms with Crippen LogP contribution in [0.4, 0.5) is 0 Å². The maximum atomic E-state index is 10.4. The summed E-state index contributed by atoms with van der Waals surface area (Å²) in [7, 11) is 0. The van der Waals surface area contributed by atoms with Gasteiger partial charge in [-0.3, -0.25) is 4.79 Å². The molecular weight excluding hydrogens is 120 g/mol. The van der Waals surface area contributed by atoms with Crippen molar-refractivity contribution < 1.29 is 9.55 Å². The van der Waals surface area contributed by atoms with Gasteiger partial charge >= 0.3 is 5.91 Å². The molecule has 1 aliphatic heterocycles. The molecule has 0 aromatic heterocycles. The first-order valence-electron chi connectivity index (χ1n) is 2.46. The van der Waals surface area contributed by atoms with Crippen molar-refractivity contribution in [3.05, 3.63) is 17.2 Å². The molecule has 0 N–H and O–H groups in total. The van der Waals surface area contributed by atoms with Crippen molar-refractivity contribution >= 4 is 12.1 Å². The number of carbonyl (C=O) groups is 1. The van der Waals surface area contributed by atoms with E-state index >= 15 is 0 Å². The normalized spacial score (nSPS) is 18.2. The largest absolute Gasteiger partial charge is 0.316 e. The monoisotopic (exact) mass is 125 g/mol. The van der Waals surface area contributed by atoms with E-state index in [1.54, 1.807) is 0 Å². The summed E-state index contributed by atoms with van der Waals surface area (Å²) in [5.74, 6) is -0.407. The number of amides is 1. The van der Waals surface area contributed by atoms with E-state index in [0.717, 1.165) is 0 Å². The number of rotatable bonds is 0. The average molecular weight is 125 g/mol. The molecule has 4 heteroatoms. The molecule has 1 amide bonds. The van der Waals surface area contributed by atoms with Crippen molar-refractivity contribution in [1.82, 2.24) is 0 Å². The molecule has 0 aliphatic carbocycles. The zero-order valence-electron chi connectivity index (χ0n) is 4.65. The molecule has 0 aromatic carbocycles. The second-order valence-corrected chi connectivity index (χ2v) is 1.59. The van der Waals surface area contributed by atoms with Gasteiger partial charge in [0.15, 0.2) is 0 Å². The fraction of sp³-hybridized carbons (Fsp3) is 0.200. The predicted octanol–water partition coefficient (Wildman–Crippen LogP) is -0.110. The second-order valence-electron chi connectivity index (χ2n) is 1.59. The summed E-state index contributed by atoms with van der Waals surface area (Å²) in [6.45, 7) is -0.174. The third kappa shape index (κ3) is 1.56. The Morgan fingerprint density at radius 2 is 2.44 bits per heavy atom. The molecule has 0 atom stereocenters. The molecule has 1 heterocycles. The van der Waals surface area contributed by atoms with E-state index in [1.807, 2.05) is 0 Å². The van der Waals surface area contributed by atoms with E-state index in [4.69, 9.17) is 0 Å². The van der Waals surface area contributed by atoms with Gasteiger partial charge < -0.3 is 0 Å². The Morgan fingerprint density at radius 3 is 3.22 bits per heavy atom. The molecular formula is C5H5N2O2+. The van der Waals surface area contributed by atoms with Crippen LogP contribution in [0, 0.1) is 4.91 Å². The van der Waals surface area contributed by atoms with E-state index in [9.17, 15) is 9.70 Å². The summed E-state index contributed by atoms with van der Waals surface area (Å²) in [5.41, 5.74) is 0. The molecule has 1 rings (SSSR count). The third-order valence-electron chi connectivity index (χ3n) is 0.848. The molecule has 9 heavy (non-hydrogen) atoms. The lowest BCUT2D eigenvalue weighted by molar-refractivity contribution is -0.466. The SMILES string of the molecule is O=C1C[N+](=O)C=CC=N1. The smallest absolute Gasteiger partial charge is 0.265 e. The number of hydrogen-bond acceptors (Lipinski definition) is 2. The van der Waals surface area contributed by atoms with Crippen LogP contribution in [-0.4, -0.2) is 23.4 Å². The van der Waals surface area contributed by atoms with Crippen molar-refractivity contribution in [2.75, 3.05) is 6.54 Å². The fourth-order valence-electron chi connectivity index (χ4n) is 0.487. The van der Waals surface area contributed by atoms with Gasteiger partial charge in [-0.25, -0.2) is 4.99 Å². The minimum absolute atomic E-state index is 0.174. The zero-order valence-corrected chi connectivity index (χ0v) is 4.65. The Balaban J connectivity index is 2.76. The number of nitroso groups, excluding NO2 is 1. The predicted molar refractivity (Wildman–Crippen MR) is 31.1 cm³/mol. The molecule has 4 nitrogen and oxygen atoms in total. The Kier molecular flexibility index (Phi) is 1.48. The fourth-order valence-corrected chi connectivity index (χ4v) is 0.487. The standard InChI is InChI=1S/C5H5N2O2/c8-5-4-7(9)3-1-2-6-5/h1-3H,4H2/q+1. The lowest BCUT2D eigenvalue weighted by atomic mass is 10.6. The summed E-state index contributed by atoms with van der Waals surface area (Å²) < 4.78 is 0.537. The third-order valence-corrected chi connectivity index (χ3v) is 0.848. The van der Waals surface area contributed by atoms with Gasteiger partial charge in [0, 0.05) is 22.0 Å². The Bertz CT molecular complexity index is 183. The van der Waals surface area contributed by atoms with Crippen molar-refractivity contribution in [2.45, 2.75) is 0 Å². The highest BCUT2D eigenvalue weighted by atomic mass is 16.3. The highest BCUT2D eigenvalue weighted by molar-refractivity contribution is 5.89. The molecule has 0 saturated carbocycles. The van der Waals surface area contributed by atoms with Crippen LogP contribution in [0.2, 0.25) is 0 Å². The van der Waals surface area contributed by atoms with Crippen LogP contribution in [-0.2, 0) is 4.79 Å². The van der Waals surface area contributed by atoms with Crippen LogP contribution in [0.5, 0.6) is 0 Å². The van der Waals surface area contributed by atoms with Crippen LogP contribution < -0.4 is 0 Å². The van der Waals surface area contributed by atoms with Crippen molar-refractivity contribution in [3.8, 4) is 0 Å². The Morgan fingerprint density at radius 1 is 1.67 bits per heavy atom. The van der Waals surface area contributed by atoms with Crippen molar-refractivity contribution in [1.29, 1.82) is 0 Å². The van der Waals surface area contributed by atoms with Gasteiger partial charge in [0.25, 0.3) is 6.54 Å². The van der Waals surface area contributed by atoms with E-state index < -0.39 is 5.91 Å². The summed E-state index contributed by atoms with van der Waals surface area (Å²) in [5, 5.41) is 0. The lowest BCUT2D eigenvalue weighted by Crippen LogP contribution is -2.09. The minimum atomic E-state index is -0.407. The summed E-state index contributed by atoms with van der Waals surface area (Å²) in [4.78, 5) is 24.2. The molecule has 1 aliphatic rings. The van der Waals surface area contributed by atoms with Gasteiger partial charge in [-0.2, -0.15) is 0 Å². The summed E-state index contributed by atoms with van der Waals surface area (Å²) >= 11 is 0. The first-order chi connectivity index (χ1) is 4.29. The van der Waals surface area contributed by atoms with Crippen LogP contribution >= 0.6 is 0 Å². The summed E-state index contributed by atoms with van der Waals surface area (Å²) in [6.07, 6.45) is 3.99. The zero-order chi connectivity index (χ0) is 6.69. The van der Waals surface area contributed by atoms with E-state index in [2.05, 4.69) is 4.99 Å². The van der Waals surface area contributed by atoms with Crippen LogP contribution in [0.1, 0.15) is 0 Å². The first kappa shape index (κ1) is 5.81. The number of nitrogens with zero attached hydrogens (tertiary/aromatic N) is 2. The average Bonchev–Trinajstić information content (AvgIpc) is 1.93. The highest BCUT2D eigenvalue weighted by Gasteiger charge is 2.12. The lowest BCUT2D eigenvalue weighted by Gasteiger charge is -1.76. The Hall–Kier alpha value is -1.32. The summed E-state index contributed by atoms with van der Waals surface area (Å²) in [6, 6.07) is 0. The second kappa shape index (κ2) is 2.30. The topological polar surface area (TPSA) is 49.5 Å². The molecule has 0 bridgehead atoms. The molecule has 0 spiro atoms. The van der Waals surface area contributed by atoms with Crippen LogP contribution in [0.15, 0.2) is 17.3 Å². The molecule has 0 aromatic rings. The van der Waals surface area contributed by atoms with Crippen molar-refractivity contribution in [2.24, 2.45) is 4.99 Å². The Labute approximate surface area is 51.5 Å². The van der Waals surface area contributed by atoms with Gasteiger partial charge in [-0.15, -0.1) is 0 Å². The van der Waals surface area contributed by atoms with Gasteiger partial charge in [-0.05, 0) is 0 Å². The number of carbonyl (C=O) groups excluding carboxylic acids is 1. The quantitative estimate of drug-likeness (QED) is 0.424. The number of aliphatic imine (C=N–C) groups is 1. The molecule has 0 radical (unpaired) electrons. The maximum Gasteiger partial charge on any atom is 0.316 e. The van der Waals surface area contributed by atoms with Crippen molar-refractivity contribution in [3.63, 3.8) is 0 Å². The van der Waals surface area contributed by atoms with E-state index in [-0.39, 0.29) is 6.54 Å². The molecule has 46 valence electrons. The molecule has 0 fully saturated rings.